The Bertz CT molecular complexity index is 2390. The predicted molar refractivity (Wildman–Crippen MR) is 272 cm³/mol. The highest BCUT2D eigenvalue weighted by Gasteiger charge is 2.70. The van der Waals surface area contributed by atoms with Crippen LogP contribution in [-0.4, -0.2) is 0 Å². The topological polar surface area (TPSA) is 0 Å². The molecule has 0 spiro atoms. The minimum Gasteiger partial charge on any atom is -0.0622 e. The monoisotopic (exact) mass is 830 g/mol. The molecule has 0 heteroatoms. The van der Waals surface area contributed by atoms with Crippen molar-refractivity contribution in [3.05, 3.63) is 213 Å². The van der Waals surface area contributed by atoms with Crippen LogP contribution >= 0.6 is 0 Å². The van der Waals surface area contributed by atoms with Crippen molar-refractivity contribution in [2.24, 2.45) is 34.5 Å². The molecule has 8 aliphatic carbocycles. The molecular weight excluding hydrogens is 769 g/mol. The molecule has 0 N–H and O–H groups in total. The van der Waals surface area contributed by atoms with Crippen molar-refractivity contribution in [3.63, 3.8) is 0 Å². The first-order valence-electron chi connectivity index (χ1n) is 24.6. The van der Waals surface area contributed by atoms with E-state index in [2.05, 4.69) is 206 Å². The van der Waals surface area contributed by atoms with Gasteiger partial charge >= 0.3 is 0 Å². The van der Waals surface area contributed by atoms with Gasteiger partial charge in [-0.15, -0.1) is 0 Å². The molecule has 14 rings (SSSR count). The van der Waals surface area contributed by atoms with Crippen molar-refractivity contribution < 1.29 is 0 Å². The van der Waals surface area contributed by atoms with Gasteiger partial charge in [-0.3, -0.25) is 0 Å². The average Bonchev–Trinajstić information content (AvgIpc) is 3.32. The van der Waals surface area contributed by atoms with Gasteiger partial charge in [-0.1, -0.05) is 194 Å². The maximum atomic E-state index is 2.63. The van der Waals surface area contributed by atoms with E-state index in [1.807, 2.05) is 0 Å². The maximum absolute atomic E-state index is 2.63. The highest BCUT2D eigenvalue weighted by atomic mass is 14.7. The zero-order valence-corrected chi connectivity index (χ0v) is 37.4. The fraction of sp³-hybridized carbons (Fsp3) is 0.312. The SMILES string of the molecule is C(=C\c1cc(/C=C/c2ccccc2)cc(C23CC4CC(C2)CC(C25CC6CC(CC(c7cc(/C=C/c8ccccc8)cc(/C=C/c8ccccc8)c7)(C6)C2)C5)(C4)C3)c1)/c1ccccc1. The molecule has 6 aromatic carbocycles. The lowest BCUT2D eigenvalue weighted by Gasteiger charge is -2.74. The second-order valence-electron chi connectivity index (χ2n) is 21.8. The third-order valence-electron chi connectivity index (χ3n) is 17.5. The Kier molecular flexibility index (Phi) is 10.00. The fourth-order valence-corrected chi connectivity index (χ4v) is 15.8. The zero-order chi connectivity index (χ0) is 42.6. The van der Waals surface area contributed by atoms with Crippen molar-refractivity contribution >= 4 is 48.6 Å². The van der Waals surface area contributed by atoms with Crippen LogP contribution in [0.25, 0.3) is 48.6 Å². The molecule has 0 heterocycles. The van der Waals surface area contributed by atoms with E-state index in [4.69, 9.17) is 0 Å². The minimum atomic E-state index is 0.254. The summed E-state index contributed by atoms with van der Waals surface area (Å²) in [6.45, 7) is 0. The van der Waals surface area contributed by atoms with Crippen LogP contribution in [0.3, 0.4) is 0 Å². The summed E-state index contributed by atoms with van der Waals surface area (Å²) in [7, 11) is 0. The maximum Gasteiger partial charge on any atom is -0.00358 e. The van der Waals surface area contributed by atoms with Crippen LogP contribution in [-0.2, 0) is 10.8 Å². The summed E-state index contributed by atoms with van der Waals surface area (Å²) in [5, 5.41) is 0. The highest BCUT2D eigenvalue weighted by Crippen LogP contribution is 2.79. The van der Waals surface area contributed by atoms with Gasteiger partial charge in [0, 0.05) is 0 Å². The van der Waals surface area contributed by atoms with Crippen LogP contribution in [0.1, 0.15) is 133 Å². The Balaban J connectivity index is 0.924. The summed E-state index contributed by atoms with van der Waals surface area (Å²) in [6, 6.07) is 58.7. The van der Waals surface area contributed by atoms with Gasteiger partial charge in [0.25, 0.3) is 0 Å². The van der Waals surface area contributed by atoms with Gasteiger partial charge in [-0.25, -0.2) is 0 Å². The van der Waals surface area contributed by atoms with Gasteiger partial charge in [-0.05, 0) is 190 Å². The summed E-state index contributed by atoms with van der Waals surface area (Å²) < 4.78 is 0. The quantitative estimate of drug-likeness (QED) is 0.114. The van der Waals surface area contributed by atoms with E-state index in [-0.39, 0.29) is 10.8 Å². The number of rotatable bonds is 11. The van der Waals surface area contributed by atoms with E-state index in [9.17, 15) is 0 Å². The first-order valence-corrected chi connectivity index (χ1v) is 24.6. The average molecular weight is 831 g/mol. The molecule has 8 fully saturated rings. The molecule has 4 atom stereocenters. The van der Waals surface area contributed by atoms with E-state index >= 15 is 0 Å². The van der Waals surface area contributed by atoms with Gasteiger partial charge in [0.05, 0.1) is 0 Å². The van der Waals surface area contributed by atoms with Crippen molar-refractivity contribution in [1.82, 2.24) is 0 Å². The van der Waals surface area contributed by atoms with Crippen molar-refractivity contribution in [1.29, 1.82) is 0 Å². The molecule has 0 radical (unpaired) electrons. The fourth-order valence-electron chi connectivity index (χ4n) is 15.8. The van der Waals surface area contributed by atoms with E-state index < -0.39 is 0 Å². The number of benzene rings is 6. The summed E-state index contributed by atoms with van der Waals surface area (Å²) in [4.78, 5) is 0. The van der Waals surface area contributed by atoms with Crippen LogP contribution in [0.4, 0.5) is 0 Å². The summed E-state index contributed by atoms with van der Waals surface area (Å²) >= 11 is 0. The van der Waals surface area contributed by atoms with Gasteiger partial charge in [0.1, 0.15) is 0 Å². The normalized spacial score (nSPS) is 31.3. The Morgan fingerprint density at radius 1 is 0.281 bits per heavy atom. The second kappa shape index (κ2) is 16.1. The molecule has 0 aromatic heterocycles. The summed E-state index contributed by atoms with van der Waals surface area (Å²) in [5.41, 5.74) is 15.0. The molecule has 0 aliphatic heterocycles. The van der Waals surface area contributed by atoms with Crippen molar-refractivity contribution in [3.8, 4) is 0 Å². The zero-order valence-electron chi connectivity index (χ0n) is 37.4. The van der Waals surface area contributed by atoms with Gasteiger partial charge in [-0.2, -0.15) is 0 Å². The van der Waals surface area contributed by atoms with Gasteiger partial charge in [0.2, 0.25) is 0 Å². The van der Waals surface area contributed by atoms with Crippen LogP contribution in [0.5, 0.6) is 0 Å². The first kappa shape index (κ1) is 39.8. The largest absolute Gasteiger partial charge is 0.0622 e. The lowest BCUT2D eigenvalue weighted by atomic mass is 9.30. The van der Waals surface area contributed by atoms with Crippen LogP contribution in [0.2, 0.25) is 0 Å². The smallest absolute Gasteiger partial charge is 0.00358 e. The van der Waals surface area contributed by atoms with Crippen LogP contribution in [0.15, 0.2) is 158 Å². The van der Waals surface area contributed by atoms with E-state index in [0.717, 1.165) is 23.7 Å². The lowest BCUT2D eigenvalue weighted by Crippen LogP contribution is -2.66. The molecule has 8 saturated carbocycles. The molecule has 0 saturated heterocycles. The molecule has 0 amide bonds. The highest BCUT2D eigenvalue weighted by molar-refractivity contribution is 5.77. The van der Waals surface area contributed by atoms with Crippen molar-refractivity contribution in [2.45, 2.75) is 87.9 Å². The van der Waals surface area contributed by atoms with Crippen LogP contribution < -0.4 is 0 Å². The van der Waals surface area contributed by atoms with Gasteiger partial charge in [0.15, 0.2) is 0 Å². The number of hydrogen-bond donors (Lipinski definition) is 0. The molecular formula is C64H62. The second-order valence-corrected chi connectivity index (χ2v) is 21.8. The Labute approximate surface area is 382 Å². The Morgan fingerprint density at radius 2 is 0.531 bits per heavy atom. The first-order chi connectivity index (χ1) is 31.4. The van der Waals surface area contributed by atoms with E-state index in [1.165, 1.54) is 122 Å². The van der Waals surface area contributed by atoms with E-state index in [1.54, 1.807) is 11.1 Å². The summed E-state index contributed by atoms with van der Waals surface area (Å²) in [6.07, 6.45) is 35.9. The predicted octanol–water partition coefficient (Wildman–Crippen LogP) is 16.7. The lowest BCUT2D eigenvalue weighted by molar-refractivity contribution is -0.212. The Morgan fingerprint density at radius 3 is 0.797 bits per heavy atom. The summed E-state index contributed by atoms with van der Waals surface area (Å²) in [5.74, 6) is 3.38. The van der Waals surface area contributed by atoms with Gasteiger partial charge < -0.3 is 0 Å². The molecule has 6 aromatic rings. The standard InChI is InChI=1S/C64H62/c1-5-13-47(14-6-1)21-25-51-29-52(26-22-48-15-7-2-8-16-48)34-59(33-51)61-37-55-31-56(38-61)42-63(41-55,45-61)64-43-57-32-58(44-64)40-62(39-57,46-64)60-35-53(27-23-49-17-9-3-10-18-49)30-54(36-60)28-24-50-19-11-4-12-20-50/h1-30,33-36,55-58H,31-32,37-46H2/b25-21+,26-22+,27-23+,28-24+. The molecule has 64 heavy (non-hydrogen) atoms. The minimum absolute atomic E-state index is 0.254. The molecule has 8 bridgehead atoms. The third-order valence-corrected chi connectivity index (χ3v) is 17.5. The van der Waals surface area contributed by atoms with Crippen molar-refractivity contribution in [2.75, 3.05) is 0 Å². The molecule has 4 unspecified atom stereocenters. The third kappa shape index (κ3) is 7.51. The molecule has 8 aliphatic rings. The van der Waals surface area contributed by atoms with E-state index in [0.29, 0.717) is 10.8 Å². The number of hydrogen-bond acceptors (Lipinski definition) is 0. The van der Waals surface area contributed by atoms with Crippen LogP contribution in [0, 0.1) is 34.5 Å². The Hall–Kier alpha value is -5.72. The molecule has 0 nitrogen and oxygen atoms in total. The molecule has 318 valence electrons.